The molecule has 19 heavy (non-hydrogen) atoms. The van der Waals surface area contributed by atoms with Crippen LogP contribution in [-0.2, 0) is 11.2 Å². The molecule has 3 heteroatoms. The molecule has 1 saturated carbocycles. The van der Waals surface area contributed by atoms with Crippen LogP contribution in [0.15, 0.2) is 30.3 Å². The molecule has 3 nitrogen and oxygen atoms in total. The lowest BCUT2D eigenvalue weighted by molar-refractivity contribution is -0.134. The number of hydrogen-bond donors (Lipinski definition) is 1. The van der Waals surface area contributed by atoms with E-state index in [1.54, 1.807) is 0 Å². The summed E-state index contributed by atoms with van der Waals surface area (Å²) in [7, 11) is 0. The van der Waals surface area contributed by atoms with Crippen molar-refractivity contribution < 1.29 is 4.79 Å². The van der Waals surface area contributed by atoms with Crippen molar-refractivity contribution in [2.24, 2.45) is 5.92 Å². The number of benzene rings is 1. The van der Waals surface area contributed by atoms with Gasteiger partial charge < -0.3 is 4.90 Å². The first-order valence-electron chi connectivity index (χ1n) is 7.27. The van der Waals surface area contributed by atoms with E-state index in [1.165, 1.54) is 5.56 Å². The quantitative estimate of drug-likeness (QED) is 0.901. The van der Waals surface area contributed by atoms with Gasteiger partial charge in [-0.2, -0.15) is 0 Å². The maximum atomic E-state index is 12.5. The molecule has 2 aliphatic rings. The third-order valence-corrected chi connectivity index (χ3v) is 4.44. The molecule has 0 bridgehead atoms. The van der Waals surface area contributed by atoms with Gasteiger partial charge in [0.1, 0.15) is 0 Å². The van der Waals surface area contributed by atoms with Crippen molar-refractivity contribution in [1.82, 2.24) is 10.2 Å². The van der Waals surface area contributed by atoms with Crippen molar-refractivity contribution in [3.05, 3.63) is 35.9 Å². The van der Waals surface area contributed by atoms with E-state index < -0.39 is 0 Å². The molecule has 102 valence electrons. The predicted molar refractivity (Wildman–Crippen MR) is 75.6 cm³/mol. The van der Waals surface area contributed by atoms with Gasteiger partial charge in [-0.25, -0.2) is 0 Å². The number of rotatable bonds is 3. The van der Waals surface area contributed by atoms with Crippen LogP contribution in [0, 0.1) is 5.92 Å². The van der Waals surface area contributed by atoms with Gasteiger partial charge in [-0.1, -0.05) is 37.3 Å². The van der Waals surface area contributed by atoms with Crippen LogP contribution < -0.4 is 5.32 Å². The Morgan fingerprint density at radius 3 is 2.53 bits per heavy atom. The fraction of sp³-hybridized carbons (Fsp3) is 0.562. The molecule has 0 spiro atoms. The predicted octanol–water partition coefficient (Wildman–Crippen LogP) is 2.17. The third-order valence-electron chi connectivity index (χ3n) is 4.44. The Hall–Kier alpha value is -1.35. The molecular weight excluding hydrogens is 236 g/mol. The standard InChI is InChI=1S/C16H22N2O/c1-11-8-14(9-11)18-12(2)17-15(16(18)19)10-13-6-4-3-5-7-13/h3-7,11-12,14-15,17H,8-10H2,1-2H3. The summed E-state index contributed by atoms with van der Waals surface area (Å²) in [5, 5.41) is 3.44. The van der Waals surface area contributed by atoms with Gasteiger partial charge in [0.05, 0.1) is 12.2 Å². The molecule has 2 unspecified atom stereocenters. The van der Waals surface area contributed by atoms with Gasteiger partial charge in [0, 0.05) is 6.04 Å². The largest absolute Gasteiger partial charge is 0.323 e. The van der Waals surface area contributed by atoms with E-state index in [0.29, 0.717) is 6.04 Å². The Balaban J connectivity index is 1.67. The van der Waals surface area contributed by atoms with E-state index >= 15 is 0 Å². The monoisotopic (exact) mass is 258 g/mol. The SMILES string of the molecule is CC1CC(N2C(=O)C(Cc3ccccc3)NC2C)C1. The second kappa shape index (κ2) is 4.97. The van der Waals surface area contributed by atoms with Gasteiger partial charge in [0.15, 0.2) is 0 Å². The molecule has 2 fully saturated rings. The van der Waals surface area contributed by atoms with Gasteiger partial charge in [-0.05, 0) is 37.7 Å². The topological polar surface area (TPSA) is 32.3 Å². The summed E-state index contributed by atoms with van der Waals surface area (Å²) >= 11 is 0. The van der Waals surface area contributed by atoms with Crippen LogP contribution >= 0.6 is 0 Å². The van der Waals surface area contributed by atoms with E-state index in [1.807, 2.05) is 18.2 Å². The Kier molecular flexibility index (Phi) is 3.31. The van der Waals surface area contributed by atoms with E-state index in [4.69, 9.17) is 0 Å². The van der Waals surface area contributed by atoms with Gasteiger partial charge in [-0.3, -0.25) is 10.1 Å². The molecule has 1 aliphatic carbocycles. The summed E-state index contributed by atoms with van der Waals surface area (Å²) in [6.45, 7) is 4.36. The number of nitrogens with zero attached hydrogens (tertiary/aromatic N) is 1. The number of carbonyl (C=O) groups is 1. The molecule has 0 aromatic heterocycles. The summed E-state index contributed by atoms with van der Waals surface area (Å²) in [6.07, 6.45) is 3.30. The van der Waals surface area contributed by atoms with Crippen molar-refractivity contribution in [3.8, 4) is 0 Å². The summed E-state index contributed by atoms with van der Waals surface area (Å²) in [4.78, 5) is 14.6. The fourth-order valence-corrected chi connectivity index (χ4v) is 3.39. The van der Waals surface area contributed by atoms with Gasteiger partial charge in [-0.15, -0.1) is 0 Å². The molecule has 1 N–H and O–H groups in total. The molecule has 1 aliphatic heterocycles. The van der Waals surface area contributed by atoms with E-state index in [-0.39, 0.29) is 18.1 Å². The van der Waals surface area contributed by atoms with Gasteiger partial charge in [0.25, 0.3) is 0 Å². The highest BCUT2D eigenvalue weighted by Gasteiger charge is 2.43. The second-order valence-electron chi connectivity index (χ2n) is 6.06. The maximum absolute atomic E-state index is 12.5. The average Bonchev–Trinajstić information content (AvgIpc) is 2.62. The molecule has 0 radical (unpaired) electrons. The Bertz CT molecular complexity index is 453. The highest BCUT2D eigenvalue weighted by atomic mass is 16.2. The smallest absolute Gasteiger partial charge is 0.241 e. The summed E-state index contributed by atoms with van der Waals surface area (Å²) in [6, 6.07) is 10.7. The van der Waals surface area contributed by atoms with Crippen LogP contribution in [0.4, 0.5) is 0 Å². The third kappa shape index (κ3) is 2.39. The summed E-state index contributed by atoms with van der Waals surface area (Å²) in [5.41, 5.74) is 1.23. The molecule has 2 atom stereocenters. The minimum absolute atomic E-state index is 0.0479. The van der Waals surface area contributed by atoms with Crippen LogP contribution in [0.25, 0.3) is 0 Å². The molecule has 1 heterocycles. The highest BCUT2D eigenvalue weighted by Crippen LogP contribution is 2.34. The minimum Gasteiger partial charge on any atom is -0.323 e. The van der Waals surface area contributed by atoms with Crippen LogP contribution in [0.1, 0.15) is 32.3 Å². The van der Waals surface area contributed by atoms with Crippen LogP contribution in [0.3, 0.4) is 0 Å². The Labute approximate surface area is 115 Å². The van der Waals surface area contributed by atoms with Gasteiger partial charge in [0.2, 0.25) is 5.91 Å². The lowest BCUT2D eigenvalue weighted by Gasteiger charge is -2.41. The fourth-order valence-electron chi connectivity index (χ4n) is 3.39. The van der Waals surface area contributed by atoms with Crippen molar-refractivity contribution >= 4 is 5.91 Å². The summed E-state index contributed by atoms with van der Waals surface area (Å²) < 4.78 is 0. The van der Waals surface area contributed by atoms with E-state index in [2.05, 4.69) is 36.2 Å². The first-order chi connectivity index (χ1) is 9.15. The Morgan fingerprint density at radius 2 is 1.89 bits per heavy atom. The minimum atomic E-state index is -0.0479. The average molecular weight is 258 g/mol. The van der Waals surface area contributed by atoms with Crippen LogP contribution in [0.5, 0.6) is 0 Å². The molecule has 1 saturated heterocycles. The van der Waals surface area contributed by atoms with Crippen molar-refractivity contribution in [1.29, 1.82) is 0 Å². The van der Waals surface area contributed by atoms with E-state index in [0.717, 1.165) is 25.2 Å². The molecule has 1 amide bonds. The molecule has 1 aromatic carbocycles. The molecular formula is C16H22N2O. The zero-order valence-electron chi connectivity index (χ0n) is 11.7. The zero-order valence-corrected chi connectivity index (χ0v) is 11.7. The highest BCUT2D eigenvalue weighted by molar-refractivity contribution is 5.85. The number of nitrogens with one attached hydrogen (secondary N) is 1. The normalized spacial score (nSPS) is 34.4. The van der Waals surface area contributed by atoms with Crippen LogP contribution in [-0.4, -0.2) is 29.1 Å². The zero-order chi connectivity index (χ0) is 13.4. The molecule has 3 rings (SSSR count). The lowest BCUT2D eigenvalue weighted by atomic mass is 9.80. The van der Waals surface area contributed by atoms with Crippen LogP contribution in [0.2, 0.25) is 0 Å². The molecule has 1 aromatic rings. The van der Waals surface area contributed by atoms with Crippen molar-refractivity contribution in [3.63, 3.8) is 0 Å². The second-order valence-corrected chi connectivity index (χ2v) is 6.06. The lowest BCUT2D eigenvalue weighted by Crippen LogP contribution is -2.49. The van der Waals surface area contributed by atoms with Crippen molar-refractivity contribution in [2.45, 2.75) is 51.4 Å². The van der Waals surface area contributed by atoms with Gasteiger partial charge >= 0.3 is 0 Å². The summed E-state index contributed by atoms with van der Waals surface area (Å²) in [5.74, 6) is 1.06. The first kappa shape index (κ1) is 12.7. The number of hydrogen-bond acceptors (Lipinski definition) is 2. The number of amides is 1. The van der Waals surface area contributed by atoms with E-state index in [9.17, 15) is 4.79 Å². The maximum Gasteiger partial charge on any atom is 0.241 e. The number of carbonyl (C=O) groups excluding carboxylic acids is 1. The Morgan fingerprint density at radius 1 is 1.21 bits per heavy atom. The first-order valence-corrected chi connectivity index (χ1v) is 7.27. The van der Waals surface area contributed by atoms with Crippen molar-refractivity contribution in [2.75, 3.05) is 0 Å².